The van der Waals surface area contributed by atoms with Gasteiger partial charge in [-0.2, -0.15) is 5.26 Å². The van der Waals surface area contributed by atoms with Crippen LogP contribution in [0.4, 0.5) is 10.6 Å². The fourth-order valence-corrected chi connectivity index (χ4v) is 2.23. The molecule has 0 saturated heterocycles. The number of aromatic nitrogens is 3. The van der Waals surface area contributed by atoms with Crippen molar-refractivity contribution >= 4 is 11.9 Å². The third kappa shape index (κ3) is 4.20. The second-order valence-electron chi connectivity index (χ2n) is 5.23. The molecule has 7 heteroatoms. The molecule has 1 N–H and O–H groups in total. The fourth-order valence-electron chi connectivity index (χ4n) is 2.23. The third-order valence-electron chi connectivity index (χ3n) is 3.45. The van der Waals surface area contributed by atoms with Crippen molar-refractivity contribution in [2.45, 2.75) is 13.2 Å². The van der Waals surface area contributed by atoms with Crippen LogP contribution in [0.2, 0.25) is 0 Å². The summed E-state index contributed by atoms with van der Waals surface area (Å²) in [5.74, 6) is 0.212. The predicted octanol–water partition coefficient (Wildman–Crippen LogP) is 2.95. The first kappa shape index (κ1) is 16.2. The number of hydrogen-bond donors (Lipinski definition) is 1. The number of ether oxygens (including phenoxy) is 1. The molecule has 0 spiro atoms. The van der Waals surface area contributed by atoms with Crippen LogP contribution in [0, 0.1) is 11.3 Å². The van der Waals surface area contributed by atoms with Crippen LogP contribution in [-0.4, -0.2) is 21.1 Å². The summed E-state index contributed by atoms with van der Waals surface area (Å²) in [6.45, 7) is 0.513. The highest BCUT2D eigenvalue weighted by atomic mass is 16.5. The van der Waals surface area contributed by atoms with Gasteiger partial charge >= 0.3 is 6.09 Å². The van der Waals surface area contributed by atoms with E-state index in [0.717, 1.165) is 11.1 Å². The lowest BCUT2D eigenvalue weighted by Crippen LogP contribution is -2.18. The van der Waals surface area contributed by atoms with Gasteiger partial charge in [0.15, 0.2) is 5.82 Å². The number of anilines is 1. The zero-order valence-corrected chi connectivity index (χ0v) is 13.3. The number of carbonyl (C=O) groups excluding carboxylic acids is 1. The van der Waals surface area contributed by atoms with Crippen LogP contribution in [-0.2, 0) is 17.9 Å². The molecule has 1 heterocycles. The van der Waals surface area contributed by atoms with Crippen LogP contribution < -0.4 is 5.32 Å². The molecule has 2 aromatic carbocycles. The molecule has 1 amide bonds. The number of nitrogens with one attached hydrogen (secondary N) is 1. The summed E-state index contributed by atoms with van der Waals surface area (Å²) in [6, 6.07) is 20.8. The Kier molecular flexibility index (Phi) is 5.02. The number of benzene rings is 2. The zero-order chi connectivity index (χ0) is 17.5. The van der Waals surface area contributed by atoms with Crippen LogP contribution in [0.3, 0.4) is 0 Å². The molecule has 1 aromatic heterocycles. The Labute approximate surface area is 144 Å². The highest BCUT2D eigenvalue weighted by Gasteiger charge is 2.16. The fraction of sp³-hybridized carbons (Fsp3) is 0.111. The van der Waals surface area contributed by atoms with Gasteiger partial charge in [0.05, 0.1) is 6.54 Å². The van der Waals surface area contributed by atoms with Gasteiger partial charge in [0.2, 0.25) is 5.69 Å². The number of hydrogen-bond acceptors (Lipinski definition) is 5. The number of carbonyl (C=O) groups is 1. The maximum absolute atomic E-state index is 12.0. The van der Waals surface area contributed by atoms with Gasteiger partial charge in [-0.05, 0) is 11.1 Å². The Morgan fingerprint density at radius 3 is 2.36 bits per heavy atom. The van der Waals surface area contributed by atoms with Gasteiger partial charge in [-0.3, -0.25) is 5.32 Å². The van der Waals surface area contributed by atoms with E-state index in [1.165, 1.54) is 4.68 Å². The van der Waals surface area contributed by atoms with Gasteiger partial charge in [0.25, 0.3) is 0 Å². The minimum atomic E-state index is -0.669. The van der Waals surface area contributed by atoms with Crippen molar-refractivity contribution in [3.05, 3.63) is 77.5 Å². The summed E-state index contributed by atoms with van der Waals surface area (Å²) < 4.78 is 6.63. The molecule has 124 valence electrons. The molecule has 7 nitrogen and oxygen atoms in total. The Hall–Kier alpha value is -3.66. The molecule has 3 rings (SSSR count). The molecule has 0 unspecified atom stereocenters. The van der Waals surface area contributed by atoms with Crippen LogP contribution in [0.25, 0.3) is 0 Å². The van der Waals surface area contributed by atoms with Crippen molar-refractivity contribution < 1.29 is 9.53 Å². The number of nitrogens with zero attached hydrogens (tertiary/aromatic N) is 4. The number of nitriles is 1. The van der Waals surface area contributed by atoms with E-state index >= 15 is 0 Å². The molecule has 0 fully saturated rings. The summed E-state index contributed by atoms with van der Waals surface area (Å²) in [4.78, 5) is 12.0. The topological polar surface area (TPSA) is 92.8 Å². The van der Waals surface area contributed by atoms with E-state index in [9.17, 15) is 4.79 Å². The lowest BCUT2D eigenvalue weighted by molar-refractivity contribution is 0.155. The molecule has 0 aliphatic rings. The van der Waals surface area contributed by atoms with Crippen molar-refractivity contribution in [2.24, 2.45) is 0 Å². The SMILES string of the molecule is N#Cc1nnn(Cc2ccccc2)c1NC(=O)OCc1ccccc1. The van der Waals surface area contributed by atoms with Crippen molar-refractivity contribution in [1.82, 2.24) is 15.0 Å². The third-order valence-corrected chi connectivity index (χ3v) is 3.45. The van der Waals surface area contributed by atoms with E-state index in [1.54, 1.807) is 0 Å². The Morgan fingerprint density at radius 1 is 1.08 bits per heavy atom. The zero-order valence-electron chi connectivity index (χ0n) is 13.3. The van der Waals surface area contributed by atoms with Crippen molar-refractivity contribution in [3.63, 3.8) is 0 Å². The van der Waals surface area contributed by atoms with E-state index in [1.807, 2.05) is 66.7 Å². The Balaban J connectivity index is 1.69. The molecular formula is C18H15N5O2. The molecule has 0 aliphatic carbocycles. The molecule has 0 saturated carbocycles. The average Bonchev–Trinajstić information content (AvgIpc) is 3.03. The van der Waals surface area contributed by atoms with Gasteiger partial charge in [0.1, 0.15) is 12.7 Å². The largest absolute Gasteiger partial charge is 0.444 e. The first-order valence-corrected chi connectivity index (χ1v) is 7.61. The first-order chi connectivity index (χ1) is 12.3. The average molecular weight is 333 g/mol. The van der Waals surface area contributed by atoms with Crippen molar-refractivity contribution in [1.29, 1.82) is 5.26 Å². The van der Waals surface area contributed by atoms with Crippen LogP contribution in [0.15, 0.2) is 60.7 Å². The normalized spacial score (nSPS) is 10.0. The maximum atomic E-state index is 12.0. The van der Waals surface area contributed by atoms with E-state index < -0.39 is 6.09 Å². The van der Waals surface area contributed by atoms with Gasteiger partial charge in [-0.15, -0.1) is 5.10 Å². The molecule has 0 bridgehead atoms. The summed E-state index contributed by atoms with van der Waals surface area (Å²) in [5, 5.41) is 19.4. The van der Waals surface area contributed by atoms with Crippen molar-refractivity contribution in [2.75, 3.05) is 5.32 Å². The quantitative estimate of drug-likeness (QED) is 0.775. The first-order valence-electron chi connectivity index (χ1n) is 7.61. The summed E-state index contributed by atoms with van der Waals surface area (Å²) in [6.07, 6.45) is -0.669. The van der Waals surface area contributed by atoms with E-state index in [0.29, 0.717) is 6.54 Å². The van der Waals surface area contributed by atoms with Crippen LogP contribution in [0.5, 0.6) is 0 Å². The summed E-state index contributed by atoms with van der Waals surface area (Å²) in [7, 11) is 0. The van der Waals surface area contributed by atoms with Crippen LogP contribution in [0.1, 0.15) is 16.8 Å². The number of rotatable bonds is 5. The van der Waals surface area contributed by atoms with Crippen molar-refractivity contribution in [3.8, 4) is 6.07 Å². The molecule has 3 aromatic rings. The van der Waals surface area contributed by atoms with E-state index in [4.69, 9.17) is 10.00 Å². The highest BCUT2D eigenvalue weighted by molar-refractivity contribution is 5.84. The Bertz CT molecular complexity index is 885. The van der Waals surface area contributed by atoms with Gasteiger partial charge in [0, 0.05) is 0 Å². The van der Waals surface area contributed by atoms with Crippen LogP contribution >= 0.6 is 0 Å². The monoisotopic (exact) mass is 333 g/mol. The molecule has 0 aliphatic heterocycles. The second kappa shape index (κ2) is 7.75. The lowest BCUT2D eigenvalue weighted by atomic mass is 10.2. The lowest BCUT2D eigenvalue weighted by Gasteiger charge is -2.09. The van der Waals surface area contributed by atoms with Gasteiger partial charge in [-0.1, -0.05) is 65.9 Å². The maximum Gasteiger partial charge on any atom is 0.413 e. The Morgan fingerprint density at radius 2 is 1.72 bits per heavy atom. The van der Waals surface area contributed by atoms with E-state index in [2.05, 4.69) is 15.6 Å². The molecular weight excluding hydrogens is 318 g/mol. The smallest absolute Gasteiger partial charge is 0.413 e. The minimum Gasteiger partial charge on any atom is -0.444 e. The van der Waals surface area contributed by atoms with Gasteiger partial charge in [-0.25, -0.2) is 9.48 Å². The molecule has 25 heavy (non-hydrogen) atoms. The molecule has 0 atom stereocenters. The highest BCUT2D eigenvalue weighted by Crippen LogP contribution is 2.14. The number of amides is 1. The van der Waals surface area contributed by atoms with Gasteiger partial charge < -0.3 is 4.74 Å². The predicted molar refractivity (Wildman–Crippen MR) is 90.5 cm³/mol. The summed E-state index contributed by atoms with van der Waals surface area (Å²) in [5.41, 5.74) is 1.87. The summed E-state index contributed by atoms with van der Waals surface area (Å²) >= 11 is 0. The standard InChI is InChI=1S/C18H15N5O2/c19-11-16-17(20-18(24)25-13-15-9-5-2-6-10-15)23(22-21-16)12-14-7-3-1-4-8-14/h1-10H,12-13H2,(H,20,24). The second-order valence-corrected chi connectivity index (χ2v) is 5.23. The minimum absolute atomic E-state index is 0.0348. The van der Waals surface area contributed by atoms with E-state index in [-0.39, 0.29) is 18.1 Å². The molecule has 0 radical (unpaired) electrons.